The summed E-state index contributed by atoms with van der Waals surface area (Å²) in [4.78, 5) is 26.7. The number of nitriles is 1. The Bertz CT molecular complexity index is 988. The minimum Gasteiger partial charge on any atom is -0.341 e. The lowest BCUT2D eigenvalue weighted by Crippen LogP contribution is -2.46. The number of likely N-dealkylation sites (tertiary alicyclic amines) is 1. The molecule has 1 aliphatic rings. The second-order valence-corrected chi connectivity index (χ2v) is 7.00. The number of urea groups is 1. The maximum Gasteiger partial charge on any atom is 0.319 e. The van der Waals surface area contributed by atoms with Crippen LogP contribution in [0.1, 0.15) is 30.4 Å². The third kappa shape index (κ3) is 3.80. The van der Waals surface area contributed by atoms with Crippen molar-refractivity contribution in [1.82, 2.24) is 25.2 Å². The van der Waals surface area contributed by atoms with E-state index in [0.29, 0.717) is 11.4 Å². The molecular formula is C20H21N7O. The monoisotopic (exact) mass is 375 g/mol. The number of amides is 2. The Balaban J connectivity index is 1.41. The molecule has 2 amide bonds. The highest BCUT2D eigenvalue weighted by Crippen LogP contribution is 2.29. The lowest BCUT2D eigenvalue weighted by Gasteiger charge is -2.36. The Morgan fingerprint density at radius 3 is 2.93 bits per heavy atom. The van der Waals surface area contributed by atoms with Crippen LogP contribution in [0.2, 0.25) is 0 Å². The summed E-state index contributed by atoms with van der Waals surface area (Å²) < 4.78 is 0. The number of anilines is 1. The van der Waals surface area contributed by atoms with Crippen LogP contribution in [0.3, 0.4) is 0 Å². The van der Waals surface area contributed by atoms with Gasteiger partial charge in [-0.1, -0.05) is 12.1 Å². The standard InChI is InChI=1S/C20H21N7O/c1-27-9-8-13(23-20(28)24-15-7-6-14(11-21)22-12-15)10-18(27)19-25-16-4-2-3-5-17(16)26-19/h2-7,12-13,18H,8-10H2,1H3,(H,25,26)(H2,23,24,28)/t13-,18-/m1/s1. The van der Waals surface area contributed by atoms with Gasteiger partial charge in [-0.2, -0.15) is 5.26 Å². The number of carbonyl (C=O) groups is 1. The molecule has 0 unspecified atom stereocenters. The molecule has 28 heavy (non-hydrogen) atoms. The van der Waals surface area contributed by atoms with Gasteiger partial charge in [-0.05, 0) is 44.2 Å². The fraction of sp³-hybridized carbons (Fsp3) is 0.300. The van der Waals surface area contributed by atoms with Gasteiger partial charge >= 0.3 is 6.03 Å². The van der Waals surface area contributed by atoms with E-state index in [0.717, 1.165) is 36.2 Å². The predicted octanol–water partition coefficient (Wildman–Crippen LogP) is 2.79. The number of carbonyl (C=O) groups excluding carboxylic acids is 1. The molecule has 3 N–H and O–H groups in total. The number of benzene rings is 1. The van der Waals surface area contributed by atoms with Crippen LogP contribution in [-0.4, -0.2) is 45.5 Å². The first-order chi connectivity index (χ1) is 13.6. The van der Waals surface area contributed by atoms with Crippen molar-refractivity contribution in [3.05, 3.63) is 54.1 Å². The van der Waals surface area contributed by atoms with Crippen LogP contribution in [0.15, 0.2) is 42.6 Å². The number of nitrogens with one attached hydrogen (secondary N) is 3. The topological polar surface area (TPSA) is 110 Å². The Morgan fingerprint density at radius 2 is 2.18 bits per heavy atom. The van der Waals surface area contributed by atoms with E-state index in [2.05, 4.69) is 32.5 Å². The molecule has 2 atom stereocenters. The van der Waals surface area contributed by atoms with Crippen molar-refractivity contribution in [3.8, 4) is 6.07 Å². The third-order valence-corrected chi connectivity index (χ3v) is 5.06. The Labute approximate surface area is 162 Å². The highest BCUT2D eigenvalue weighted by Gasteiger charge is 2.30. The summed E-state index contributed by atoms with van der Waals surface area (Å²) in [6, 6.07) is 13.0. The first kappa shape index (κ1) is 17.9. The minimum absolute atomic E-state index is 0.0424. The number of aromatic amines is 1. The summed E-state index contributed by atoms with van der Waals surface area (Å²) in [5.74, 6) is 0.923. The average Bonchev–Trinajstić information content (AvgIpc) is 3.14. The van der Waals surface area contributed by atoms with E-state index in [1.807, 2.05) is 30.3 Å². The number of fused-ring (bicyclic) bond motifs is 1. The van der Waals surface area contributed by atoms with Crippen molar-refractivity contribution in [2.75, 3.05) is 18.9 Å². The number of nitrogens with zero attached hydrogens (tertiary/aromatic N) is 4. The Morgan fingerprint density at radius 1 is 1.32 bits per heavy atom. The van der Waals surface area contributed by atoms with Gasteiger partial charge in [0.15, 0.2) is 0 Å². The van der Waals surface area contributed by atoms with Gasteiger partial charge in [0.05, 0.1) is 29.0 Å². The summed E-state index contributed by atoms with van der Waals surface area (Å²) in [6.07, 6.45) is 3.12. The smallest absolute Gasteiger partial charge is 0.319 e. The summed E-state index contributed by atoms with van der Waals surface area (Å²) in [6.45, 7) is 0.866. The SMILES string of the molecule is CN1CC[C@@H](NC(=O)Nc2ccc(C#N)nc2)C[C@@H]1c1nc2ccccc2[nH]1. The van der Waals surface area contributed by atoms with Crippen LogP contribution >= 0.6 is 0 Å². The van der Waals surface area contributed by atoms with Crippen LogP contribution in [0, 0.1) is 11.3 Å². The van der Waals surface area contributed by atoms with Gasteiger partial charge in [0.1, 0.15) is 17.6 Å². The number of aromatic nitrogens is 3. The highest BCUT2D eigenvalue weighted by atomic mass is 16.2. The molecule has 0 radical (unpaired) electrons. The van der Waals surface area contributed by atoms with Gasteiger partial charge in [-0.15, -0.1) is 0 Å². The number of pyridine rings is 1. The number of hydrogen-bond acceptors (Lipinski definition) is 5. The van der Waals surface area contributed by atoms with Crippen molar-refractivity contribution in [1.29, 1.82) is 5.26 Å². The number of rotatable bonds is 3. The molecule has 8 nitrogen and oxygen atoms in total. The van der Waals surface area contributed by atoms with E-state index in [1.165, 1.54) is 6.20 Å². The number of para-hydroxylation sites is 2. The van der Waals surface area contributed by atoms with Crippen LogP contribution < -0.4 is 10.6 Å². The van der Waals surface area contributed by atoms with E-state index >= 15 is 0 Å². The maximum atomic E-state index is 12.3. The van der Waals surface area contributed by atoms with Crippen molar-refractivity contribution >= 4 is 22.8 Å². The zero-order valence-corrected chi connectivity index (χ0v) is 15.5. The third-order valence-electron chi connectivity index (χ3n) is 5.06. The van der Waals surface area contributed by atoms with E-state index in [9.17, 15) is 4.79 Å². The molecule has 0 spiro atoms. The van der Waals surface area contributed by atoms with Gasteiger partial charge in [0, 0.05) is 12.6 Å². The van der Waals surface area contributed by atoms with Gasteiger partial charge in [-0.25, -0.2) is 14.8 Å². The van der Waals surface area contributed by atoms with Crippen molar-refractivity contribution in [2.24, 2.45) is 0 Å². The molecule has 0 aliphatic carbocycles. The molecule has 142 valence electrons. The maximum absolute atomic E-state index is 12.3. The molecule has 1 fully saturated rings. The van der Waals surface area contributed by atoms with Crippen molar-refractivity contribution in [2.45, 2.75) is 24.9 Å². The first-order valence-electron chi connectivity index (χ1n) is 9.21. The zero-order valence-electron chi connectivity index (χ0n) is 15.5. The quantitative estimate of drug-likeness (QED) is 0.652. The molecule has 0 bridgehead atoms. The molecule has 1 saturated heterocycles. The average molecular weight is 375 g/mol. The fourth-order valence-electron chi connectivity index (χ4n) is 3.55. The molecule has 0 saturated carbocycles. The largest absolute Gasteiger partial charge is 0.341 e. The summed E-state index contributed by atoms with van der Waals surface area (Å²) in [7, 11) is 2.08. The highest BCUT2D eigenvalue weighted by molar-refractivity contribution is 5.89. The molecule has 4 rings (SSSR count). The molecule has 3 heterocycles. The fourth-order valence-corrected chi connectivity index (χ4v) is 3.55. The molecular weight excluding hydrogens is 354 g/mol. The molecule has 3 aromatic rings. The number of piperidine rings is 1. The molecule has 1 aliphatic heterocycles. The molecule has 1 aromatic carbocycles. The number of imidazole rings is 1. The second kappa shape index (κ2) is 7.66. The minimum atomic E-state index is -0.274. The van der Waals surface area contributed by atoms with Crippen LogP contribution in [0.4, 0.5) is 10.5 Å². The number of H-pyrrole nitrogens is 1. The zero-order chi connectivity index (χ0) is 19.5. The first-order valence-corrected chi connectivity index (χ1v) is 9.21. The van der Waals surface area contributed by atoms with E-state index in [1.54, 1.807) is 12.1 Å². The van der Waals surface area contributed by atoms with Gasteiger partial charge < -0.3 is 15.6 Å². The van der Waals surface area contributed by atoms with Gasteiger partial charge in [0.25, 0.3) is 0 Å². The lowest BCUT2D eigenvalue weighted by molar-refractivity contribution is 0.153. The second-order valence-electron chi connectivity index (χ2n) is 7.00. The van der Waals surface area contributed by atoms with Crippen LogP contribution in [-0.2, 0) is 0 Å². The predicted molar refractivity (Wildman–Crippen MR) is 106 cm³/mol. The Kier molecular flexibility index (Phi) is 4.91. The van der Waals surface area contributed by atoms with Crippen LogP contribution in [0.25, 0.3) is 11.0 Å². The van der Waals surface area contributed by atoms with E-state index in [-0.39, 0.29) is 18.1 Å². The van der Waals surface area contributed by atoms with Gasteiger partial charge in [0.2, 0.25) is 0 Å². The van der Waals surface area contributed by atoms with Crippen LogP contribution in [0.5, 0.6) is 0 Å². The summed E-state index contributed by atoms with van der Waals surface area (Å²) >= 11 is 0. The van der Waals surface area contributed by atoms with E-state index in [4.69, 9.17) is 10.2 Å². The summed E-state index contributed by atoms with van der Waals surface area (Å²) in [5.41, 5.74) is 2.84. The summed E-state index contributed by atoms with van der Waals surface area (Å²) in [5, 5.41) is 14.6. The Hall–Kier alpha value is -3.44. The van der Waals surface area contributed by atoms with E-state index < -0.39 is 0 Å². The normalized spacial score (nSPS) is 19.9. The molecule has 2 aromatic heterocycles. The van der Waals surface area contributed by atoms with Gasteiger partial charge in [-0.3, -0.25) is 4.90 Å². The van der Waals surface area contributed by atoms with Crippen molar-refractivity contribution in [3.63, 3.8) is 0 Å². The number of hydrogen-bond donors (Lipinski definition) is 3. The molecule has 8 heteroatoms. The lowest BCUT2D eigenvalue weighted by atomic mass is 9.97. The van der Waals surface area contributed by atoms with Crippen molar-refractivity contribution < 1.29 is 4.79 Å².